The van der Waals surface area contributed by atoms with Crippen LogP contribution in [0.15, 0.2) is 47.4 Å². The van der Waals surface area contributed by atoms with Crippen LogP contribution in [-0.4, -0.2) is 85.1 Å². The molecule has 0 radical (unpaired) electrons. The summed E-state index contributed by atoms with van der Waals surface area (Å²) in [6.07, 6.45) is 4.89. The third-order valence-corrected chi connectivity index (χ3v) is 11.7. The summed E-state index contributed by atoms with van der Waals surface area (Å²) < 4.78 is 28.0. The second kappa shape index (κ2) is 12.7. The number of carbonyl (C=O) groups excluding carboxylic acids is 3. The molecule has 0 bridgehead atoms. The molecule has 4 heterocycles. The maximum atomic E-state index is 13.2. The molecule has 0 saturated carbocycles. The third-order valence-electron chi connectivity index (χ3n) is 9.80. The average molecular weight is 622 g/mol. The van der Waals surface area contributed by atoms with Crippen molar-refractivity contribution in [2.24, 2.45) is 11.7 Å². The summed E-state index contributed by atoms with van der Waals surface area (Å²) in [6.45, 7) is 6.50. The number of carbonyl (C=O) groups is 3. The van der Waals surface area contributed by atoms with Crippen LogP contribution in [0.5, 0.6) is 0 Å². The van der Waals surface area contributed by atoms with Crippen LogP contribution < -0.4 is 11.1 Å². The van der Waals surface area contributed by atoms with Gasteiger partial charge in [0.25, 0.3) is 5.91 Å². The van der Waals surface area contributed by atoms with Gasteiger partial charge in [0.1, 0.15) is 6.04 Å². The predicted molar refractivity (Wildman–Crippen MR) is 166 cm³/mol. The molecular weight excluding hydrogens is 578 g/mol. The summed E-state index contributed by atoms with van der Waals surface area (Å²) >= 11 is 0. The van der Waals surface area contributed by atoms with E-state index in [1.807, 2.05) is 24.3 Å². The van der Waals surface area contributed by atoms with Crippen LogP contribution >= 0.6 is 0 Å². The standard InChI is InChI=1S/C33H43N5O5S/c1-22(17-23-3-2-4-28(18-23)44(42,43)37-15-11-27(34)12-16-37)20-36-13-9-24(10-14-36)25-5-6-29-26(19-25)21-38(33(29)41)30-7-8-31(39)35-32(30)40/h2-6,18-19,22,24,27,30H,7-17,20-21,34H2,1H3,(H,35,39,40). The number of imide groups is 1. The monoisotopic (exact) mass is 621 g/mol. The topological polar surface area (TPSA) is 133 Å². The highest BCUT2D eigenvalue weighted by Gasteiger charge is 2.39. The van der Waals surface area contributed by atoms with Crippen molar-refractivity contribution >= 4 is 27.7 Å². The average Bonchev–Trinajstić information content (AvgIpc) is 3.33. The lowest BCUT2D eigenvalue weighted by atomic mass is 9.87. The summed E-state index contributed by atoms with van der Waals surface area (Å²) in [5, 5.41) is 2.36. The van der Waals surface area contributed by atoms with Crippen LogP contribution in [-0.2, 0) is 32.6 Å². The summed E-state index contributed by atoms with van der Waals surface area (Å²) in [4.78, 5) is 41.5. The van der Waals surface area contributed by atoms with Gasteiger partial charge in [-0.15, -0.1) is 0 Å². The highest BCUT2D eigenvalue weighted by Crippen LogP contribution is 2.34. The van der Waals surface area contributed by atoms with Gasteiger partial charge in [-0.25, -0.2) is 8.42 Å². The van der Waals surface area contributed by atoms with Gasteiger partial charge < -0.3 is 15.5 Å². The van der Waals surface area contributed by atoms with Gasteiger partial charge in [0, 0.05) is 44.2 Å². The van der Waals surface area contributed by atoms with E-state index in [0.29, 0.717) is 61.2 Å². The van der Waals surface area contributed by atoms with Gasteiger partial charge >= 0.3 is 0 Å². The number of likely N-dealkylation sites (tertiary alicyclic amines) is 1. The van der Waals surface area contributed by atoms with Crippen molar-refractivity contribution in [1.82, 2.24) is 19.4 Å². The van der Waals surface area contributed by atoms with Crippen molar-refractivity contribution in [3.05, 3.63) is 64.7 Å². The maximum absolute atomic E-state index is 13.2. The Labute approximate surface area is 260 Å². The third kappa shape index (κ3) is 6.47. The first-order valence-electron chi connectivity index (χ1n) is 15.9. The molecule has 2 aromatic carbocycles. The summed E-state index contributed by atoms with van der Waals surface area (Å²) in [5.41, 5.74) is 9.87. The van der Waals surface area contributed by atoms with Crippen molar-refractivity contribution in [3.63, 3.8) is 0 Å². The summed E-state index contributed by atoms with van der Waals surface area (Å²) in [5.74, 6) is -0.00792. The first-order valence-corrected chi connectivity index (χ1v) is 17.4. The molecule has 11 heteroatoms. The molecule has 2 unspecified atom stereocenters. The SMILES string of the molecule is CC(Cc1cccc(S(=O)(=O)N2CCC(N)CC2)c1)CN1CCC(c2ccc3c(c2)CN(C2CCC(=O)NC2=O)C3=O)CC1. The molecule has 4 aliphatic rings. The lowest BCUT2D eigenvalue weighted by molar-refractivity contribution is -0.136. The van der Waals surface area contributed by atoms with Crippen LogP contribution in [0, 0.1) is 5.92 Å². The summed E-state index contributed by atoms with van der Waals surface area (Å²) in [6, 6.07) is 13.0. The van der Waals surface area contributed by atoms with Crippen molar-refractivity contribution in [2.45, 2.75) is 81.3 Å². The molecule has 44 heavy (non-hydrogen) atoms. The van der Waals surface area contributed by atoms with E-state index in [1.165, 1.54) is 5.56 Å². The zero-order valence-corrected chi connectivity index (χ0v) is 26.2. The van der Waals surface area contributed by atoms with E-state index in [2.05, 4.69) is 29.3 Å². The molecule has 0 aliphatic carbocycles. The molecule has 3 saturated heterocycles. The Hall–Kier alpha value is -3.12. The van der Waals surface area contributed by atoms with E-state index in [9.17, 15) is 22.8 Å². The molecule has 0 spiro atoms. The van der Waals surface area contributed by atoms with Crippen LogP contribution in [0.25, 0.3) is 0 Å². The number of nitrogens with one attached hydrogen (secondary N) is 1. The van der Waals surface area contributed by atoms with Gasteiger partial charge in [-0.3, -0.25) is 19.7 Å². The van der Waals surface area contributed by atoms with E-state index in [0.717, 1.165) is 50.0 Å². The normalized spacial score (nSPS) is 23.5. The molecule has 3 amide bonds. The highest BCUT2D eigenvalue weighted by atomic mass is 32.2. The molecule has 0 aromatic heterocycles. The molecule has 4 aliphatic heterocycles. The lowest BCUT2D eigenvalue weighted by Crippen LogP contribution is -2.52. The number of sulfonamides is 1. The minimum absolute atomic E-state index is 0.0793. The van der Waals surface area contributed by atoms with Gasteiger partial charge in [0.05, 0.1) is 4.90 Å². The van der Waals surface area contributed by atoms with Crippen molar-refractivity contribution in [1.29, 1.82) is 0 Å². The van der Waals surface area contributed by atoms with Crippen LogP contribution in [0.3, 0.4) is 0 Å². The van der Waals surface area contributed by atoms with E-state index in [4.69, 9.17) is 5.73 Å². The van der Waals surface area contributed by atoms with Crippen molar-refractivity contribution in [3.8, 4) is 0 Å². The van der Waals surface area contributed by atoms with Crippen LogP contribution in [0.2, 0.25) is 0 Å². The van der Waals surface area contributed by atoms with Crippen molar-refractivity contribution < 1.29 is 22.8 Å². The number of hydrogen-bond donors (Lipinski definition) is 2. The fourth-order valence-corrected chi connectivity index (χ4v) is 8.84. The largest absolute Gasteiger partial charge is 0.328 e. The number of piperidine rings is 3. The minimum atomic E-state index is -3.51. The lowest BCUT2D eigenvalue weighted by Gasteiger charge is -2.34. The molecule has 3 N–H and O–H groups in total. The Morgan fingerprint density at radius 2 is 1.70 bits per heavy atom. The number of hydrogen-bond acceptors (Lipinski definition) is 7. The second-order valence-corrected chi connectivity index (χ2v) is 15.0. The number of fused-ring (bicyclic) bond motifs is 1. The Morgan fingerprint density at radius 1 is 0.955 bits per heavy atom. The highest BCUT2D eigenvalue weighted by molar-refractivity contribution is 7.89. The number of rotatable bonds is 8. The number of nitrogens with two attached hydrogens (primary N) is 1. The fourth-order valence-electron chi connectivity index (χ4n) is 7.30. The molecule has 6 rings (SSSR count). The zero-order chi connectivity index (χ0) is 31.0. The predicted octanol–water partition coefficient (Wildman–Crippen LogP) is 2.62. The van der Waals surface area contributed by atoms with Crippen LogP contribution in [0.4, 0.5) is 0 Å². The molecule has 2 aromatic rings. The van der Waals surface area contributed by atoms with Gasteiger partial charge in [0.15, 0.2) is 0 Å². The fraction of sp³-hybridized carbons (Fsp3) is 0.545. The van der Waals surface area contributed by atoms with Gasteiger partial charge in [-0.1, -0.05) is 31.2 Å². The van der Waals surface area contributed by atoms with E-state index in [1.54, 1.807) is 15.3 Å². The molecule has 2 atom stereocenters. The quantitative estimate of drug-likeness (QED) is 0.433. The first-order chi connectivity index (χ1) is 21.1. The maximum Gasteiger partial charge on any atom is 0.255 e. The molecule has 10 nitrogen and oxygen atoms in total. The Morgan fingerprint density at radius 3 is 2.43 bits per heavy atom. The van der Waals surface area contributed by atoms with Crippen LogP contribution in [0.1, 0.15) is 78.4 Å². The second-order valence-electron chi connectivity index (χ2n) is 13.1. The first kappa shape index (κ1) is 30.9. The smallest absolute Gasteiger partial charge is 0.255 e. The van der Waals surface area contributed by atoms with Gasteiger partial charge in [-0.05, 0) is 98.3 Å². The Bertz CT molecular complexity index is 1530. The van der Waals surface area contributed by atoms with E-state index >= 15 is 0 Å². The molecule has 3 fully saturated rings. The van der Waals surface area contributed by atoms with Gasteiger partial charge in [-0.2, -0.15) is 4.31 Å². The van der Waals surface area contributed by atoms with E-state index in [-0.39, 0.29) is 30.2 Å². The minimum Gasteiger partial charge on any atom is -0.328 e. The number of amides is 3. The zero-order valence-electron chi connectivity index (χ0n) is 25.4. The molecule has 236 valence electrons. The Kier molecular flexibility index (Phi) is 8.92. The Balaban J connectivity index is 1.01. The van der Waals surface area contributed by atoms with E-state index < -0.39 is 16.1 Å². The number of nitrogens with zero attached hydrogens (tertiary/aromatic N) is 3. The molecular formula is C33H43N5O5S. The van der Waals surface area contributed by atoms with Crippen molar-refractivity contribution in [2.75, 3.05) is 32.7 Å². The van der Waals surface area contributed by atoms with Gasteiger partial charge in [0.2, 0.25) is 21.8 Å². The number of benzene rings is 2. The summed E-state index contributed by atoms with van der Waals surface area (Å²) in [7, 11) is -3.51.